The Morgan fingerprint density at radius 2 is 0.510 bits per heavy atom. The molecule has 0 saturated carbocycles. The Balaban J connectivity index is 0.000000129. The van der Waals surface area contributed by atoms with Gasteiger partial charge in [-0.3, -0.25) is 9.13 Å². The second kappa shape index (κ2) is 21.0. The van der Waals surface area contributed by atoms with E-state index in [9.17, 15) is 0 Å². The molecule has 0 aliphatic rings. The van der Waals surface area contributed by atoms with E-state index in [1.807, 2.05) is 48.5 Å². The molecule has 10 heteroatoms. The third-order valence-electron chi connectivity index (χ3n) is 19.8. The highest BCUT2D eigenvalue weighted by molar-refractivity contribution is 6.24. The normalized spacial score (nSPS) is 12.1. The fraction of sp³-hybridized carbons (Fsp3) is 0. The lowest BCUT2D eigenvalue weighted by molar-refractivity contribution is 0.669. The van der Waals surface area contributed by atoms with Crippen molar-refractivity contribution in [2.45, 2.75) is 0 Å². The van der Waals surface area contributed by atoms with E-state index in [0.717, 1.165) is 165 Å². The molecule has 8 aromatic heterocycles. The fourth-order valence-electron chi connectivity index (χ4n) is 15.5. The SMILES string of the molecule is c1ccc(-c2nc(-n3c4cc5c(cc4c4cc6c7ccccc7n(-c7ccccc7)c6cc43)oc3ccccc35)nc3ccccc23)cc1.c1ccc(-c2nc(-n3c4ccccc4c4cc5c6cc7oc8ccccc8c7cc6n(-c6ccccc6)c5cc43)nc3ccccc23)cc1. The summed E-state index contributed by atoms with van der Waals surface area (Å²) in [5.74, 6) is 1.28. The Morgan fingerprint density at radius 3 is 0.980 bits per heavy atom. The van der Waals surface area contributed by atoms with Crippen LogP contribution in [0.15, 0.2) is 324 Å². The van der Waals surface area contributed by atoms with Crippen molar-refractivity contribution in [2.75, 3.05) is 0 Å². The predicted octanol–water partition coefficient (Wildman–Crippen LogP) is 22.8. The van der Waals surface area contributed by atoms with E-state index >= 15 is 0 Å². The first-order valence-electron chi connectivity index (χ1n) is 33.0. The van der Waals surface area contributed by atoms with Gasteiger partial charge in [-0.2, -0.15) is 0 Å². The summed E-state index contributed by atoms with van der Waals surface area (Å²) in [6.45, 7) is 0. The minimum atomic E-state index is 0.631. The van der Waals surface area contributed by atoms with Gasteiger partial charge in [0.05, 0.1) is 66.6 Å². The smallest absolute Gasteiger partial charge is 0.235 e. The van der Waals surface area contributed by atoms with Crippen LogP contribution in [0.2, 0.25) is 0 Å². The van der Waals surface area contributed by atoms with Gasteiger partial charge in [0.25, 0.3) is 0 Å². The van der Waals surface area contributed by atoms with Crippen molar-refractivity contribution in [2.24, 2.45) is 0 Å². The van der Waals surface area contributed by atoms with Crippen LogP contribution >= 0.6 is 0 Å². The van der Waals surface area contributed by atoms with Crippen molar-refractivity contribution in [1.82, 2.24) is 38.2 Å². The summed E-state index contributed by atoms with van der Waals surface area (Å²) in [7, 11) is 0. The number of hydrogen-bond acceptors (Lipinski definition) is 6. The molecule has 456 valence electrons. The maximum Gasteiger partial charge on any atom is 0.235 e. The lowest BCUT2D eigenvalue weighted by Gasteiger charge is -2.12. The fourth-order valence-corrected chi connectivity index (χ4v) is 15.5. The average Bonchev–Trinajstić information content (AvgIpc) is 1.55. The zero-order valence-electron chi connectivity index (χ0n) is 52.4. The van der Waals surface area contributed by atoms with Crippen molar-refractivity contribution in [3.63, 3.8) is 0 Å². The molecule has 0 amide bonds. The van der Waals surface area contributed by atoms with Crippen LogP contribution in [0, 0.1) is 0 Å². The standard InChI is InChI=1S/2C44H26N4O/c1-3-13-27(14-4-1)43-31-19-7-10-20-36(31)45-44(46-43)48-37-21-11-8-17-29(37)32-23-33-34-25-42-35(30-18-9-12-22-41(30)49-42)24-38(34)47(39(33)26-40(32)48)28-15-5-2-6-16-28;1-3-13-27(14-4-1)43-31-19-7-10-20-36(31)45-44(46-43)48-38-24-35-30-18-9-12-22-41(30)49-42(35)25-34(38)33-23-32-29-17-8-11-21-37(29)47(39(32)26-40(33)48)28-15-5-2-6-16-28/h2*1-26H. The van der Waals surface area contributed by atoms with Crippen molar-refractivity contribution in [3.8, 4) is 45.8 Å². The lowest BCUT2D eigenvalue weighted by Crippen LogP contribution is -2.03. The van der Waals surface area contributed by atoms with Crippen LogP contribution in [-0.4, -0.2) is 38.2 Å². The molecule has 8 heterocycles. The van der Waals surface area contributed by atoms with Crippen LogP contribution in [0.3, 0.4) is 0 Å². The van der Waals surface area contributed by atoms with Crippen LogP contribution in [0.25, 0.3) is 199 Å². The number of rotatable bonds is 6. The summed E-state index contributed by atoms with van der Waals surface area (Å²) < 4.78 is 22.1. The summed E-state index contributed by atoms with van der Waals surface area (Å²) in [5.41, 5.74) is 20.2. The molecule has 0 radical (unpaired) electrons. The Hall–Kier alpha value is -13.4. The largest absolute Gasteiger partial charge is 0.456 e. The van der Waals surface area contributed by atoms with E-state index in [1.165, 1.54) is 21.7 Å². The quantitative estimate of drug-likeness (QED) is 0.165. The van der Waals surface area contributed by atoms with Gasteiger partial charge in [-0.1, -0.05) is 206 Å². The summed E-state index contributed by atoms with van der Waals surface area (Å²) in [6.07, 6.45) is 0. The Kier molecular flexibility index (Phi) is 11.6. The predicted molar refractivity (Wildman–Crippen MR) is 402 cm³/mol. The van der Waals surface area contributed by atoms with Gasteiger partial charge in [0.1, 0.15) is 22.3 Å². The van der Waals surface area contributed by atoms with E-state index in [2.05, 4.69) is 285 Å². The van der Waals surface area contributed by atoms with Crippen LogP contribution in [0.1, 0.15) is 0 Å². The summed E-state index contributed by atoms with van der Waals surface area (Å²) in [6, 6.07) is 111. The highest BCUT2D eigenvalue weighted by Gasteiger charge is 2.25. The summed E-state index contributed by atoms with van der Waals surface area (Å²) in [5, 5.41) is 15.7. The van der Waals surface area contributed by atoms with Gasteiger partial charge >= 0.3 is 0 Å². The molecular formula is C88H52N8O2. The second-order valence-electron chi connectivity index (χ2n) is 25.3. The van der Waals surface area contributed by atoms with E-state index in [1.54, 1.807) is 0 Å². The molecule has 0 unspecified atom stereocenters. The maximum absolute atomic E-state index is 6.43. The number of benzene rings is 14. The molecule has 22 rings (SSSR count). The number of para-hydroxylation sites is 8. The summed E-state index contributed by atoms with van der Waals surface area (Å²) in [4.78, 5) is 21.1. The van der Waals surface area contributed by atoms with Crippen molar-refractivity contribution < 1.29 is 8.83 Å². The topological polar surface area (TPSA) is 97.6 Å². The zero-order chi connectivity index (χ0) is 64.1. The van der Waals surface area contributed by atoms with E-state index in [4.69, 9.17) is 28.8 Å². The third kappa shape index (κ3) is 8.09. The molecular weight excluding hydrogens is 1200 g/mol. The van der Waals surface area contributed by atoms with E-state index in [0.29, 0.717) is 11.9 Å². The maximum atomic E-state index is 6.43. The number of fused-ring (bicyclic) bond motifs is 20. The van der Waals surface area contributed by atoms with Gasteiger partial charge in [0.2, 0.25) is 11.9 Å². The van der Waals surface area contributed by atoms with Gasteiger partial charge in [-0.05, 0) is 109 Å². The molecule has 0 aliphatic carbocycles. The number of furan rings is 2. The molecule has 0 N–H and O–H groups in total. The number of hydrogen-bond donors (Lipinski definition) is 0. The minimum Gasteiger partial charge on any atom is -0.456 e. The molecule has 10 nitrogen and oxygen atoms in total. The molecule has 22 aromatic rings. The first-order valence-corrected chi connectivity index (χ1v) is 33.0. The Bertz CT molecular complexity index is 7040. The molecule has 98 heavy (non-hydrogen) atoms. The molecule has 0 atom stereocenters. The molecule has 0 fully saturated rings. The highest BCUT2D eigenvalue weighted by Crippen LogP contribution is 2.45. The van der Waals surface area contributed by atoms with Gasteiger partial charge in [-0.15, -0.1) is 0 Å². The van der Waals surface area contributed by atoms with Crippen LogP contribution in [0.5, 0.6) is 0 Å². The Labute approximate surface area is 558 Å². The number of nitrogens with zero attached hydrogens (tertiary/aromatic N) is 8. The van der Waals surface area contributed by atoms with E-state index in [-0.39, 0.29) is 0 Å². The van der Waals surface area contributed by atoms with Crippen LogP contribution in [-0.2, 0) is 0 Å². The molecule has 0 saturated heterocycles. The molecule has 0 bridgehead atoms. The van der Waals surface area contributed by atoms with Gasteiger partial charge in [0.15, 0.2) is 0 Å². The van der Waals surface area contributed by atoms with Crippen LogP contribution in [0.4, 0.5) is 0 Å². The number of aromatic nitrogens is 8. The van der Waals surface area contributed by atoms with Gasteiger partial charge < -0.3 is 18.0 Å². The minimum absolute atomic E-state index is 0.631. The molecule has 14 aromatic carbocycles. The van der Waals surface area contributed by atoms with Crippen molar-refractivity contribution in [1.29, 1.82) is 0 Å². The van der Waals surface area contributed by atoms with Crippen molar-refractivity contribution >= 4 is 153 Å². The van der Waals surface area contributed by atoms with Crippen molar-refractivity contribution in [3.05, 3.63) is 315 Å². The highest BCUT2D eigenvalue weighted by atomic mass is 16.3. The zero-order valence-corrected chi connectivity index (χ0v) is 52.4. The van der Waals surface area contributed by atoms with Crippen LogP contribution < -0.4 is 0 Å². The monoisotopic (exact) mass is 1250 g/mol. The first kappa shape index (κ1) is 54.0. The molecule has 0 spiro atoms. The Morgan fingerprint density at radius 1 is 0.194 bits per heavy atom. The van der Waals surface area contributed by atoms with E-state index < -0.39 is 0 Å². The van der Waals surface area contributed by atoms with Gasteiger partial charge in [-0.25, -0.2) is 19.9 Å². The first-order chi connectivity index (χ1) is 48.6. The average molecular weight is 1250 g/mol. The lowest BCUT2D eigenvalue weighted by atomic mass is 10.1. The van der Waals surface area contributed by atoms with Gasteiger partial charge in [0, 0.05) is 97.9 Å². The molecule has 0 aliphatic heterocycles. The third-order valence-corrected chi connectivity index (χ3v) is 19.8. The summed E-state index contributed by atoms with van der Waals surface area (Å²) >= 11 is 0. The second-order valence-corrected chi connectivity index (χ2v) is 25.3.